The molecule has 0 aliphatic carbocycles. The number of benzene rings is 1. The van der Waals surface area contributed by atoms with Crippen molar-refractivity contribution in [1.82, 2.24) is 0 Å². The largest absolute Gasteiger partial charge is 0.495 e. The van der Waals surface area contributed by atoms with Gasteiger partial charge in [-0.1, -0.05) is 18.5 Å². The molecule has 0 saturated heterocycles. The molecule has 1 aromatic carbocycles. The molecule has 1 rings (SSSR count). The van der Waals surface area contributed by atoms with Crippen molar-refractivity contribution < 1.29 is 14.2 Å². The van der Waals surface area contributed by atoms with Crippen LogP contribution >= 0.6 is 11.6 Å². The third kappa shape index (κ3) is 2.16. The van der Waals surface area contributed by atoms with E-state index in [1.165, 1.54) is 19.2 Å². The minimum Gasteiger partial charge on any atom is -0.495 e. The maximum atomic E-state index is 13.1. The third-order valence-electron chi connectivity index (χ3n) is 2.06. The first-order valence-corrected chi connectivity index (χ1v) is 4.61. The summed E-state index contributed by atoms with van der Waals surface area (Å²) in [5.41, 5.74) is 0.561. The zero-order chi connectivity index (χ0) is 10.7. The monoisotopic (exact) mass is 218 g/mol. The van der Waals surface area contributed by atoms with E-state index in [0.717, 1.165) is 0 Å². The second kappa shape index (κ2) is 4.62. The molecule has 1 atom stereocenters. The number of ether oxygens (including phenoxy) is 1. The summed E-state index contributed by atoms with van der Waals surface area (Å²) in [6.45, 7) is 1.69. The Morgan fingerprint density at radius 2 is 2.21 bits per heavy atom. The van der Waals surface area contributed by atoms with Gasteiger partial charge in [0.1, 0.15) is 11.6 Å². The van der Waals surface area contributed by atoms with Gasteiger partial charge in [0.2, 0.25) is 0 Å². The quantitative estimate of drug-likeness (QED) is 0.845. The molecule has 1 aromatic rings. The molecular formula is C10H12ClFO2. The Balaban J connectivity index is 3.21. The lowest BCUT2D eigenvalue weighted by Gasteiger charge is -2.13. The van der Waals surface area contributed by atoms with E-state index in [9.17, 15) is 4.39 Å². The maximum Gasteiger partial charge on any atom is 0.140 e. The molecule has 0 fully saturated rings. The Labute approximate surface area is 87.3 Å². The summed E-state index contributed by atoms with van der Waals surface area (Å²) in [6.07, 6.45) is 0. The van der Waals surface area contributed by atoms with Gasteiger partial charge in [-0.15, -0.1) is 0 Å². The van der Waals surface area contributed by atoms with Crippen molar-refractivity contribution in [3.63, 3.8) is 0 Å². The molecule has 4 heteroatoms. The van der Waals surface area contributed by atoms with Crippen LogP contribution in [0.4, 0.5) is 4.39 Å². The first-order chi connectivity index (χ1) is 6.60. The SMILES string of the molecule is COc1cc(F)cc(C(C)CO)c1Cl. The highest BCUT2D eigenvalue weighted by Crippen LogP contribution is 2.33. The molecule has 0 bridgehead atoms. The molecule has 14 heavy (non-hydrogen) atoms. The zero-order valence-electron chi connectivity index (χ0n) is 8.05. The summed E-state index contributed by atoms with van der Waals surface area (Å²) in [4.78, 5) is 0. The molecule has 0 aliphatic rings. The standard InChI is InChI=1S/C10H12ClFO2/c1-6(5-13)8-3-7(12)4-9(14-2)10(8)11/h3-4,6,13H,5H2,1-2H3. The highest BCUT2D eigenvalue weighted by atomic mass is 35.5. The van der Waals surface area contributed by atoms with Gasteiger partial charge in [-0.05, 0) is 11.6 Å². The highest BCUT2D eigenvalue weighted by Gasteiger charge is 2.14. The Morgan fingerprint density at radius 1 is 1.57 bits per heavy atom. The van der Waals surface area contributed by atoms with Crippen molar-refractivity contribution in [2.45, 2.75) is 12.8 Å². The van der Waals surface area contributed by atoms with Gasteiger partial charge in [-0.2, -0.15) is 0 Å². The summed E-state index contributed by atoms with van der Waals surface area (Å²) >= 11 is 5.95. The molecule has 0 heterocycles. The minimum absolute atomic E-state index is 0.0771. The van der Waals surface area contributed by atoms with Gasteiger partial charge in [0.05, 0.1) is 12.1 Å². The molecule has 1 N–H and O–H groups in total. The van der Waals surface area contributed by atoms with Crippen LogP contribution in [-0.2, 0) is 0 Å². The number of halogens is 2. The number of hydrogen-bond donors (Lipinski definition) is 1. The van der Waals surface area contributed by atoms with Crippen LogP contribution in [0.2, 0.25) is 5.02 Å². The van der Waals surface area contributed by atoms with E-state index in [1.54, 1.807) is 6.92 Å². The summed E-state index contributed by atoms with van der Waals surface area (Å²) in [5, 5.41) is 9.30. The highest BCUT2D eigenvalue weighted by molar-refractivity contribution is 6.32. The smallest absolute Gasteiger partial charge is 0.140 e. The van der Waals surface area contributed by atoms with Crippen molar-refractivity contribution in [1.29, 1.82) is 0 Å². The van der Waals surface area contributed by atoms with Gasteiger partial charge in [0.15, 0.2) is 0 Å². The molecular weight excluding hydrogens is 207 g/mol. The average molecular weight is 219 g/mol. The van der Waals surface area contributed by atoms with E-state index < -0.39 is 5.82 Å². The third-order valence-corrected chi connectivity index (χ3v) is 2.46. The minimum atomic E-state index is -0.415. The first-order valence-electron chi connectivity index (χ1n) is 4.24. The van der Waals surface area contributed by atoms with Crippen LogP contribution in [-0.4, -0.2) is 18.8 Å². The molecule has 0 saturated carbocycles. The molecule has 78 valence electrons. The second-order valence-electron chi connectivity index (χ2n) is 3.09. The fourth-order valence-electron chi connectivity index (χ4n) is 1.19. The summed E-state index contributed by atoms with van der Waals surface area (Å²) < 4.78 is 18.0. The maximum absolute atomic E-state index is 13.1. The first kappa shape index (κ1) is 11.3. The predicted molar refractivity (Wildman–Crippen MR) is 53.5 cm³/mol. The predicted octanol–water partition coefficient (Wildman–Crippen LogP) is 2.58. The molecule has 0 radical (unpaired) electrons. The van der Waals surface area contributed by atoms with Gasteiger partial charge in [0, 0.05) is 18.6 Å². The molecule has 0 aliphatic heterocycles. The Hall–Kier alpha value is -0.800. The number of rotatable bonds is 3. The summed E-state index contributed by atoms with van der Waals surface area (Å²) in [6, 6.07) is 2.53. The number of methoxy groups -OCH3 is 1. The fourth-order valence-corrected chi connectivity index (χ4v) is 1.56. The van der Waals surface area contributed by atoms with Crippen molar-refractivity contribution >= 4 is 11.6 Å². The van der Waals surface area contributed by atoms with E-state index in [2.05, 4.69) is 0 Å². The van der Waals surface area contributed by atoms with Crippen molar-refractivity contribution in [2.75, 3.05) is 13.7 Å². The van der Waals surface area contributed by atoms with Gasteiger partial charge < -0.3 is 9.84 Å². The molecule has 0 spiro atoms. The lowest BCUT2D eigenvalue weighted by atomic mass is 10.0. The topological polar surface area (TPSA) is 29.5 Å². The molecule has 0 aromatic heterocycles. The van der Waals surface area contributed by atoms with Gasteiger partial charge in [0.25, 0.3) is 0 Å². The van der Waals surface area contributed by atoms with Crippen LogP contribution in [0.1, 0.15) is 18.4 Å². The van der Waals surface area contributed by atoms with Crippen LogP contribution in [0, 0.1) is 5.82 Å². The van der Waals surface area contributed by atoms with Crippen LogP contribution < -0.4 is 4.74 Å². The summed E-state index contributed by atoms with van der Waals surface area (Å²) in [5.74, 6) is -0.324. The fraction of sp³-hybridized carbons (Fsp3) is 0.400. The zero-order valence-corrected chi connectivity index (χ0v) is 8.81. The number of aliphatic hydroxyl groups is 1. The Bertz CT molecular complexity index is 328. The molecule has 1 unspecified atom stereocenters. The Morgan fingerprint density at radius 3 is 2.71 bits per heavy atom. The van der Waals surface area contributed by atoms with Gasteiger partial charge >= 0.3 is 0 Å². The van der Waals surface area contributed by atoms with Crippen LogP contribution in [0.5, 0.6) is 5.75 Å². The average Bonchev–Trinajstić information content (AvgIpc) is 2.19. The summed E-state index contributed by atoms with van der Waals surface area (Å²) in [7, 11) is 1.42. The van der Waals surface area contributed by atoms with Gasteiger partial charge in [-0.3, -0.25) is 0 Å². The lowest BCUT2D eigenvalue weighted by molar-refractivity contribution is 0.272. The second-order valence-corrected chi connectivity index (χ2v) is 3.47. The number of hydrogen-bond acceptors (Lipinski definition) is 2. The van der Waals surface area contributed by atoms with Crippen molar-refractivity contribution in [2.24, 2.45) is 0 Å². The van der Waals surface area contributed by atoms with E-state index in [4.69, 9.17) is 21.4 Å². The van der Waals surface area contributed by atoms with Crippen molar-refractivity contribution in [3.05, 3.63) is 28.5 Å². The van der Waals surface area contributed by atoms with Crippen LogP contribution in [0.25, 0.3) is 0 Å². The normalized spacial score (nSPS) is 12.6. The molecule has 2 nitrogen and oxygen atoms in total. The van der Waals surface area contributed by atoms with Crippen LogP contribution in [0.3, 0.4) is 0 Å². The van der Waals surface area contributed by atoms with Gasteiger partial charge in [-0.25, -0.2) is 4.39 Å². The van der Waals surface area contributed by atoms with E-state index >= 15 is 0 Å². The Kier molecular flexibility index (Phi) is 3.72. The van der Waals surface area contributed by atoms with E-state index in [-0.39, 0.29) is 12.5 Å². The van der Waals surface area contributed by atoms with E-state index in [1.807, 2.05) is 0 Å². The lowest BCUT2D eigenvalue weighted by Crippen LogP contribution is -2.01. The van der Waals surface area contributed by atoms with Crippen molar-refractivity contribution in [3.8, 4) is 5.75 Å². The van der Waals surface area contributed by atoms with Crippen LogP contribution in [0.15, 0.2) is 12.1 Å². The van der Waals surface area contributed by atoms with E-state index in [0.29, 0.717) is 16.3 Å². The number of aliphatic hydroxyl groups excluding tert-OH is 1. The molecule has 0 amide bonds.